The average molecular weight is 488 g/mol. The third-order valence-corrected chi connectivity index (χ3v) is 6.30. The highest BCUT2D eigenvalue weighted by atomic mass is 19.4. The Balaban J connectivity index is 1.38. The largest absolute Gasteiger partial charge is 0.486 e. The summed E-state index contributed by atoms with van der Waals surface area (Å²) in [7, 11) is 0. The molecule has 0 unspecified atom stereocenters. The van der Waals surface area contributed by atoms with Crippen LogP contribution in [0.5, 0.6) is 5.75 Å². The molecule has 184 valence electrons. The molecular formula is C24H23F3N4O4. The van der Waals surface area contributed by atoms with Crippen molar-refractivity contribution in [3.63, 3.8) is 0 Å². The molecule has 1 N–H and O–H groups in total. The Morgan fingerprint density at radius 3 is 2.46 bits per heavy atom. The molecule has 5 rings (SSSR count). The number of alkyl halides is 3. The van der Waals surface area contributed by atoms with Crippen molar-refractivity contribution in [2.75, 3.05) is 13.1 Å². The SMILES string of the molecule is Cc1nc2nc(C(F)(F)F)c([C@H](C)Oc3ccc(C(=O)N4C[C@H]5CC[C@@H](C4)O5)cc3)cc2c(=O)[nH]1. The zero-order chi connectivity index (χ0) is 24.9. The Bertz CT molecular complexity index is 1330. The molecule has 2 fully saturated rings. The lowest BCUT2D eigenvalue weighted by Gasteiger charge is -2.32. The van der Waals surface area contributed by atoms with Crippen molar-refractivity contribution in [2.45, 2.75) is 51.2 Å². The van der Waals surface area contributed by atoms with Gasteiger partial charge in [-0.2, -0.15) is 13.2 Å². The van der Waals surface area contributed by atoms with E-state index in [1.165, 1.54) is 26.0 Å². The summed E-state index contributed by atoms with van der Waals surface area (Å²) in [5, 5.41) is -0.0607. The van der Waals surface area contributed by atoms with E-state index >= 15 is 0 Å². The maximum absolute atomic E-state index is 13.8. The van der Waals surface area contributed by atoms with Crippen LogP contribution in [-0.4, -0.2) is 51.1 Å². The molecule has 4 heterocycles. The summed E-state index contributed by atoms with van der Waals surface area (Å²) in [6.45, 7) is 4.00. The molecule has 0 radical (unpaired) electrons. The van der Waals surface area contributed by atoms with Gasteiger partial charge in [0, 0.05) is 24.2 Å². The number of hydrogen-bond donors (Lipinski definition) is 1. The highest BCUT2D eigenvalue weighted by Crippen LogP contribution is 2.36. The van der Waals surface area contributed by atoms with Crippen LogP contribution in [0.15, 0.2) is 35.1 Å². The van der Waals surface area contributed by atoms with Crippen LogP contribution in [0.2, 0.25) is 0 Å². The summed E-state index contributed by atoms with van der Waals surface area (Å²) in [4.78, 5) is 36.9. The quantitative estimate of drug-likeness (QED) is 0.600. The zero-order valence-electron chi connectivity index (χ0n) is 19.1. The first kappa shape index (κ1) is 23.3. The predicted octanol–water partition coefficient (Wildman–Crippen LogP) is 3.79. The van der Waals surface area contributed by atoms with Crippen molar-refractivity contribution >= 4 is 16.9 Å². The van der Waals surface area contributed by atoms with E-state index in [1.807, 2.05) is 0 Å². The normalized spacial score (nSPS) is 20.8. The third-order valence-electron chi connectivity index (χ3n) is 6.30. The molecule has 0 saturated carbocycles. The lowest BCUT2D eigenvalue weighted by Crippen LogP contribution is -2.45. The van der Waals surface area contributed by atoms with Crippen LogP contribution in [-0.2, 0) is 10.9 Å². The van der Waals surface area contributed by atoms with E-state index in [9.17, 15) is 22.8 Å². The van der Waals surface area contributed by atoms with Crippen LogP contribution >= 0.6 is 0 Å². The zero-order valence-corrected chi connectivity index (χ0v) is 19.1. The van der Waals surface area contributed by atoms with Gasteiger partial charge in [-0.1, -0.05) is 0 Å². The Morgan fingerprint density at radius 1 is 1.17 bits per heavy atom. The van der Waals surface area contributed by atoms with Gasteiger partial charge in [0.15, 0.2) is 11.3 Å². The number of nitrogens with zero attached hydrogens (tertiary/aromatic N) is 3. The maximum atomic E-state index is 13.8. The fraction of sp³-hybridized carbons (Fsp3) is 0.417. The molecule has 11 heteroatoms. The summed E-state index contributed by atoms with van der Waals surface area (Å²) < 4.78 is 52.8. The van der Waals surface area contributed by atoms with Gasteiger partial charge in [0.25, 0.3) is 11.5 Å². The fourth-order valence-corrected chi connectivity index (χ4v) is 4.63. The van der Waals surface area contributed by atoms with Crippen LogP contribution in [0, 0.1) is 6.92 Å². The third kappa shape index (κ3) is 4.60. The summed E-state index contributed by atoms with van der Waals surface area (Å²) in [5.41, 5.74) is -1.85. The predicted molar refractivity (Wildman–Crippen MR) is 119 cm³/mol. The van der Waals surface area contributed by atoms with Gasteiger partial charge < -0.3 is 19.4 Å². The number of amides is 1. The summed E-state index contributed by atoms with van der Waals surface area (Å²) >= 11 is 0. The number of morpholine rings is 1. The number of likely N-dealkylation sites (tertiary alicyclic amines) is 1. The first-order chi connectivity index (χ1) is 16.6. The van der Waals surface area contributed by atoms with Crippen molar-refractivity contribution < 1.29 is 27.4 Å². The first-order valence-electron chi connectivity index (χ1n) is 11.3. The fourth-order valence-electron chi connectivity index (χ4n) is 4.63. The standard InChI is InChI=1S/C24H23F3N4O4/c1-12(18-9-19-21(28-13(2)29-22(19)32)30-20(18)24(25,26)27)34-15-5-3-14(4-6-15)23(33)31-10-16-7-8-17(11-31)35-16/h3-6,9,12,16-17H,7-8,10-11H2,1-2H3,(H,28,29,30,32)/t12-,16-,17+/m0/s1. The Morgan fingerprint density at radius 2 is 1.83 bits per heavy atom. The van der Waals surface area contributed by atoms with Crippen molar-refractivity contribution in [3.05, 3.63) is 63.3 Å². The summed E-state index contributed by atoms with van der Waals surface area (Å²) in [5.74, 6) is 0.324. The average Bonchev–Trinajstić information content (AvgIpc) is 3.15. The van der Waals surface area contributed by atoms with Gasteiger partial charge >= 0.3 is 6.18 Å². The van der Waals surface area contributed by atoms with Gasteiger partial charge in [-0.25, -0.2) is 9.97 Å². The van der Waals surface area contributed by atoms with E-state index in [-0.39, 0.29) is 46.3 Å². The van der Waals surface area contributed by atoms with Gasteiger partial charge in [0.1, 0.15) is 17.7 Å². The minimum atomic E-state index is -4.77. The number of fused-ring (bicyclic) bond motifs is 3. The molecule has 3 atom stereocenters. The minimum Gasteiger partial charge on any atom is -0.486 e. The number of aromatic amines is 1. The van der Waals surface area contributed by atoms with Crippen LogP contribution in [0.3, 0.4) is 0 Å². The minimum absolute atomic E-state index is 0.0607. The van der Waals surface area contributed by atoms with Crippen molar-refractivity contribution in [1.82, 2.24) is 19.9 Å². The van der Waals surface area contributed by atoms with E-state index in [2.05, 4.69) is 15.0 Å². The second-order valence-corrected chi connectivity index (χ2v) is 8.90. The van der Waals surface area contributed by atoms with E-state index in [4.69, 9.17) is 9.47 Å². The Kier molecular flexibility index (Phi) is 5.74. The molecule has 2 saturated heterocycles. The lowest BCUT2D eigenvalue weighted by atomic mass is 10.1. The number of hydrogen-bond acceptors (Lipinski definition) is 6. The molecule has 2 aromatic heterocycles. The smallest absolute Gasteiger partial charge is 0.433 e. The molecule has 3 aromatic rings. The molecule has 1 aromatic carbocycles. The molecule has 2 aliphatic rings. The van der Waals surface area contributed by atoms with Gasteiger partial charge in [0.05, 0.1) is 17.6 Å². The number of nitrogens with one attached hydrogen (secondary N) is 1. The van der Waals surface area contributed by atoms with E-state index in [0.717, 1.165) is 18.9 Å². The van der Waals surface area contributed by atoms with Crippen molar-refractivity contribution in [1.29, 1.82) is 0 Å². The Hall–Kier alpha value is -3.47. The molecule has 35 heavy (non-hydrogen) atoms. The number of ether oxygens (including phenoxy) is 2. The van der Waals surface area contributed by atoms with Gasteiger partial charge in [-0.3, -0.25) is 9.59 Å². The van der Waals surface area contributed by atoms with Crippen LogP contribution in [0.25, 0.3) is 11.0 Å². The number of halogens is 3. The monoisotopic (exact) mass is 488 g/mol. The van der Waals surface area contributed by atoms with E-state index in [0.29, 0.717) is 18.7 Å². The molecule has 0 spiro atoms. The molecule has 0 aliphatic carbocycles. The highest BCUT2D eigenvalue weighted by Gasteiger charge is 2.38. The van der Waals surface area contributed by atoms with Gasteiger partial charge in [-0.15, -0.1) is 0 Å². The van der Waals surface area contributed by atoms with Gasteiger partial charge in [0.2, 0.25) is 0 Å². The Labute approximate surface area is 198 Å². The molecule has 1 amide bonds. The second kappa shape index (κ2) is 8.63. The number of rotatable bonds is 4. The lowest BCUT2D eigenvalue weighted by molar-refractivity contribution is -0.142. The van der Waals surface area contributed by atoms with Crippen molar-refractivity contribution in [3.8, 4) is 5.75 Å². The number of pyridine rings is 1. The van der Waals surface area contributed by atoms with Gasteiger partial charge in [-0.05, 0) is 57.0 Å². The number of carbonyl (C=O) groups is 1. The second-order valence-electron chi connectivity index (χ2n) is 8.90. The number of carbonyl (C=O) groups excluding carboxylic acids is 1. The summed E-state index contributed by atoms with van der Waals surface area (Å²) in [6, 6.07) is 7.37. The highest BCUT2D eigenvalue weighted by molar-refractivity contribution is 5.94. The van der Waals surface area contributed by atoms with Crippen LogP contribution in [0.4, 0.5) is 13.2 Å². The molecule has 2 bridgehead atoms. The number of H-pyrrole nitrogens is 1. The van der Waals surface area contributed by atoms with Crippen LogP contribution < -0.4 is 10.3 Å². The topological polar surface area (TPSA) is 97.4 Å². The van der Waals surface area contributed by atoms with E-state index < -0.39 is 23.5 Å². The van der Waals surface area contributed by atoms with Crippen molar-refractivity contribution in [2.24, 2.45) is 0 Å². The van der Waals surface area contributed by atoms with E-state index in [1.54, 1.807) is 17.0 Å². The van der Waals surface area contributed by atoms with Crippen LogP contribution in [0.1, 0.15) is 53.3 Å². The number of benzene rings is 1. The molecule has 8 nitrogen and oxygen atoms in total. The number of aryl methyl sites for hydroxylation is 1. The maximum Gasteiger partial charge on any atom is 0.433 e. The molecular weight excluding hydrogens is 465 g/mol. The molecule has 2 aliphatic heterocycles. The first-order valence-corrected chi connectivity index (χ1v) is 11.3. The summed E-state index contributed by atoms with van der Waals surface area (Å²) in [6.07, 6.45) is -3.81. The number of aromatic nitrogens is 3.